The van der Waals surface area contributed by atoms with Crippen LogP contribution in [0.5, 0.6) is 0 Å². The molecule has 0 bridgehead atoms. The number of methoxy groups -OCH3 is 1. The highest BCUT2D eigenvalue weighted by Crippen LogP contribution is 2.36. The third-order valence-electron chi connectivity index (χ3n) is 6.44. The summed E-state index contributed by atoms with van der Waals surface area (Å²) in [4.78, 5) is 21.1. The van der Waals surface area contributed by atoms with E-state index >= 15 is 0 Å². The number of carboxylic acids is 1. The second-order valence-electron chi connectivity index (χ2n) is 10.3. The minimum Gasteiger partial charge on any atom is -0.478 e. The van der Waals surface area contributed by atoms with Gasteiger partial charge in [0, 0.05) is 12.2 Å². The zero-order chi connectivity index (χ0) is 39.8. The van der Waals surface area contributed by atoms with Crippen molar-refractivity contribution in [2.24, 2.45) is 0 Å². The molecule has 20 heteroatoms. The Morgan fingerprint density at radius 2 is 1.06 bits per heavy atom. The van der Waals surface area contributed by atoms with E-state index < -0.39 is 66.8 Å². The number of esters is 1. The van der Waals surface area contributed by atoms with Crippen LogP contribution in [0.2, 0.25) is 10.0 Å². The second-order valence-corrected chi connectivity index (χ2v) is 14.4. The predicted molar refractivity (Wildman–Crippen MR) is 185 cm³/mol. The van der Waals surface area contributed by atoms with Gasteiger partial charge in [-0.25, -0.2) is 26.4 Å². The van der Waals surface area contributed by atoms with Crippen molar-refractivity contribution in [3.63, 3.8) is 0 Å². The van der Waals surface area contributed by atoms with Gasteiger partial charge in [-0.2, -0.15) is 26.3 Å². The first-order valence-corrected chi connectivity index (χ1v) is 17.9. The summed E-state index contributed by atoms with van der Waals surface area (Å²) in [6, 6.07) is 15.2. The van der Waals surface area contributed by atoms with Crippen molar-refractivity contribution in [3.05, 3.63) is 129 Å². The van der Waals surface area contributed by atoms with E-state index in [4.69, 9.17) is 28.3 Å². The van der Waals surface area contributed by atoms with Crippen LogP contribution in [0.4, 0.5) is 37.7 Å². The molecule has 282 valence electrons. The fourth-order valence-electron chi connectivity index (χ4n) is 3.94. The molecule has 4 aromatic carbocycles. The molecule has 53 heavy (non-hydrogen) atoms. The molecule has 0 fully saturated rings. The van der Waals surface area contributed by atoms with Crippen molar-refractivity contribution in [1.82, 2.24) is 0 Å². The summed E-state index contributed by atoms with van der Waals surface area (Å²) in [5.74, 6) is -1.84. The molecule has 0 aliphatic heterocycles. The van der Waals surface area contributed by atoms with E-state index in [0.717, 1.165) is 36.4 Å². The molecule has 3 N–H and O–H groups in total. The van der Waals surface area contributed by atoms with Gasteiger partial charge in [0.15, 0.2) is 0 Å². The molecule has 0 aliphatic rings. The number of aliphatic carboxylic acids is 1. The molecule has 0 unspecified atom stereocenters. The Bertz CT molecular complexity index is 2280. The number of carbonyl (C=O) groups is 2. The lowest BCUT2D eigenvalue weighted by atomic mass is 10.2. The highest BCUT2D eigenvalue weighted by Gasteiger charge is 2.32. The Morgan fingerprint density at radius 1 is 0.660 bits per heavy atom. The molecule has 0 aliphatic carbocycles. The molecule has 0 saturated carbocycles. The standard InChI is InChI=1S/C17H13ClF3NO4S.C16H11ClF3NO4S/c1-26-16(23)8-5-11-3-2-4-13(9-11)27(24,25)22-15-10-12(17(19,20)21)6-7-14(15)18;17-13-6-5-11(16(18,19)20)9-14(13)21-26(24,25)12-3-1-2-10(8-12)4-7-15(22)23/h2-10,22H,1H3;1-9,21H,(H,22,23)/b8-5+;7-4+. The molecular formula is C33H24Cl2F6N2O8S2. The first kappa shape index (κ1) is 42.4. The number of rotatable bonds is 10. The average molecular weight is 826 g/mol. The van der Waals surface area contributed by atoms with E-state index in [2.05, 4.69) is 4.74 Å². The second kappa shape index (κ2) is 17.2. The first-order valence-electron chi connectivity index (χ1n) is 14.2. The fourth-order valence-corrected chi connectivity index (χ4v) is 6.63. The van der Waals surface area contributed by atoms with Crippen LogP contribution >= 0.6 is 23.2 Å². The highest BCUT2D eigenvalue weighted by molar-refractivity contribution is 7.93. The average Bonchev–Trinajstić information content (AvgIpc) is 3.07. The number of halogens is 8. The number of sulfonamides is 2. The third-order valence-corrected chi connectivity index (χ3v) is 9.83. The Morgan fingerprint density at radius 3 is 1.42 bits per heavy atom. The summed E-state index contributed by atoms with van der Waals surface area (Å²) < 4.78 is 135. The molecule has 0 saturated heterocycles. The van der Waals surface area contributed by atoms with Gasteiger partial charge in [0.25, 0.3) is 20.0 Å². The number of ether oxygens (including phenoxy) is 1. The molecular weight excluding hydrogens is 801 g/mol. The quantitative estimate of drug-likeness (QED) is 0.0816. The van der Waals surface area contributed by atoms with E-state index in [1.54, 1.807) is 0 Å². The van der Waals surface area contributed by atoms with E-state index in [-0.39, 0.29) is 25.4 Å². The lowest BCUT2D eigenvalue weighted by molar-refractivity contribution is -0.138. The van der Waals surface area contributed by atoms with Crippen molar-refractivity contribution < 1.29 is 62.6 Å². The smallest absolute Gasteiger partial charge is 0.416 e. The Kier molecular flexibility index (Phi) is 13.7. The van der Waals surface area contributed by atoms with Crippen LogP contribution in [0.3, 0.4) is 0 Å². The summed E-state index contributed by atoms with van der Waals surface area (Å²) >= 11 is 11.6. The number of anilines is 2. The van der Waals surface area contributed by atoms with E-state index in [1.807, 2.05) is 9.44 Å². The summed E-state index contributed by atoms with van der Waals surface area (Å²) in [5.41, 5.74) is -2.27. The van der Waals surface area contributed by atoms with Crippen LogP contribution in [0.15, 0.2) is 107 Å². The van der Waals surface area contributed by atoms with Gasteiger partial charge in [0.2, 0.25) is 0 Å². The normalized spacial score (nSPS) is 12.2. The van der Waals surface area contributed by atoms with Crippen molar-refractivity contribution in [3.8, 4) is 0 Å². The molecule has 4 rings (SSSR count). The molecule has 10 nitrogen and oxygen atoms in total. The van der Waals surface area contributed by atoms with Crippen LogP contribution in [0.25, 0.3) is 12.2 Å². The van der Waals surface area contributed by atoms with Crippen molar-refractivity contribution in [2.75, 3.05) is 16.6 Å². The van der Waals surface area contributed by atoms with Gasteiger partial charge in [-0.1, -0.05) is 47.5 Å². The van der Waals surface area contributed by atoms with Gasteiger partial charge in [-0.3, -0.25) is 9.44 Å². The SMILES string of the molecule is COC(=O)/C=C/c1cccc(S(=O)(=O)Nc2cc(C(F)(F)F)ccc2Cl)c1.O=C(O)/C=C/c1cccc(S(=O)(=O)Nc2cc(C(F)(F)F)ccc2Cl)c1. The Labute approximate surface area is 308 Å². The van der Waals surface area contributed by atoms with Crippen molar-refractivity contribution >= 4 is 78.7 Å². The topological polar surface area (TPSA) is 156 Å². The lowest BCUT2D eigenvalue weighted by Gasteiger charge is -2.13. The van der Waals surface area contributed by atoms with Gasteiger partial charge < -0.3 is 9.84 Å². The zero-order valence-corrected chi connectivity index (χ0v) is 29.7. The minimum atomic E-state index is -4.66. The van der Waals surface area contributed by atoms with Gasteiger partial charge >= 0.3 is 24.3 Å². The summed E-state index contributed by atoms with van der Waals surface area (Å²) in [6.45, 7) is 0. The monoisotopic (exact) mass is 824 g/mol. The van der Waals surface area contributed by atoms with Gasteiger partial charge in [-0.05, 0) is 83.9 Å². The Hall–Kier alpha value is -5.04. The highest BCUT2D eigenvalue weighted by atomic mass is 35.5. The maximum Gasteiger partial charge on any atom is 0.416 e. The molecule has 0 amide bonds. The number of carboxylic acid groups (broad SMARTS) is 1. The van der Waals surface area contributed by atoms with Gasteiger partial charge in [0.1, 0.15) is 0 Å². The minimum absolute atomic E-state index is 0.187. The first-order chi connectivity index (χ1) is 24.5. The zero-order valence-electron chi connectivity index (χ0n) is 26.5. The molecule has 0 spiro atoms. The fraction of sp³-hybridized carbons (Fsp3) is 0.0909. The van der Waals surface area contributed by atoms with Crippen LogP contribution in [0, 0.1) is 0 Å². The summed E-state index contributed by atoms with van der Waals surface area (Å²) in [7, 11) is -7.27. The lowest BCUT2D eigenvalue weighted by Crippen LogP contribution is -2.14. The number of benzene rings is 4. The van der Waals surface area contributed by atoms with E-state index in [1.165, 1.54) is 67.8 Å². The number of hydrogen-bond acceptors (Lipinski definition) is 7. The third kappa shape index (κ3) is 12.6. The summed E-state index contributed by atoms with van der Waals surface area (Å²) in [6.07, 6.45) is -4.87. The van der Waals surface area contributed by atoms with E-state index in [0.29, 0.717) is 17.7 Å². The predicted octanol–water partition coefficient (Wildman–Crippen LogP) is 8.60. The van der Waals surface area contributed by atoms with Gasteiger partial charge in [-0.15, -0.1) is 0 Å². The van der Waals surface area contributed by atoms with E-state index in [9.17, 15) is 52.8 Å². The number of alkyl halides is 6. The number of hydrogen-bond donors (Lipinski definition) is 3. The van der Waals surface area contributed by atoms with Crippen molar-refractivity contribution in [1.29, 1.82) is 0 Å². The number of carbonyl (C=O) groups excluding carboxylic acids is 1. The molecule has 0 atom stereocenters. The van der Waals surface area contributed by atoms with Gasteiger partial charge in [0.05, 0.1) is 49.4 Å². The van der Waals surface area contributed by atoms with Crippen molar-refractivity contribution in [2.45, 2.75) is 22.1 Å². The molecule has 4 aromatic rings. The molecule has 0 heterocycles. The number of nitrogens with one attached hydrogen (secondary N) is 2. The molecule has 0 aromatic heterocycles. The maximum absolute atomic E-state index is 12.8. The Balaban J connectivity index is 0.000000286. The largest absolute Gasteiger partial charge is 0.478 e. The maximum atomic E-state index is 12.8. The van der Waals surface area contributed by atoms with Crippen LogP contribution in [-0.2, 0) is 46.7 Å². The van der Waals surface area contributed by atoms with Crippen LogP contribution in [-0.4, -0.2) is 41.0 Å². The van der Waals surface area contributed by atoms with Crippen LogP contribution < -0.4 is 9.44 Å². The summed E-state index contributed by atoms with van der Waals surface area (Å²) in [5, 5.41) is 8.21. The molecule has 0 radical (unpaired) electrons. The van der Waals surface area contributed by atoms with Crippen LogP contribution in [0.1, 0.15) is 22.3 Å².